The molecule has 2 aromatic rings. The van der Waals surface area contributed by atoms with Crippen LogP contribution in [-0.2, 0) is 13.1 Å². The molecule has 2 heterocycles. The molecule has 0 aromatic heterocycles. The summed E-state index contributed by atoms with van der Waals surface area (Å²) in [6.45, 7) is 1.52. The summed E-state index contributed by atoms with van der Waals surface area (Å²) in [7, 11) is 1.97. The Morgan fingerprint density at radius 2 is 1.71 bits per heavy atom. The van der Waals surface area contributed by atoms with Crippen LogP contribution in [0.4, 0.5) is 5.69 Å². The lowest BCUT2D eigenvalue weighted by molar-refractivity contribution is -0.384. The van der Waals surface area contributed by atoms with Crippen LogP contribution >= 0.6 is 12.2 Å². The molecule has 7 heteroatoms. The minimum Gasteiger partial charge on any atom is -0.330 e. The van der Waals surface area contributed by atoms with Crippen LogP contribution in [0.15, 0.2) is 48.5 Å². The number of hydrogen-bond donors (Lipinski definition) is 0. The quantitative estimate of drug-likeness (QED) is 0.476. The molecule has 1 unspecified atom stereocenters. The SMILES string of the molecule is CN1C(=S)N2Cc3ccccc3CN2C1c1ccc([N+](=O)[O-])cc1. The van der Waals surface area contributed by atoms with Crippen molar-refractivity contribution in [2.75, 3.05) is 7.05 Å². The highest BCUT2D eigenvalue weighted by atomic mass is 32.1. The lowest BCUT2D eigenvalue weighted by Crippen LogP contribution is -2.42. The Bertz CT molecular complexity index is 824. The maximum absolute atomic E-state index is 10.9. The van der Waals surface area contributed by atoms with Crippen molar-refractivity contribution in [3.63, 3.8) is 0 Å². The number of nitro groups is 1. The van der Waals surface area contributed by atoms with Crippen molar-refractivity contribution in [1.29, 1.82) is 0 Å². The number of fused-ring (bicyclic) bond motifs is 2. The molecule has 0 N–H and O–H groups in total. The average molecular weight is 340 g/mol. The Labute approximate surface area is 145 Å². The highest BCUT2D eigenvalue weighted by Crippen LogP contribution is 2.39. The molecule has 0 spiro atoms. The molecule has 122 valence electrons. The van der Waals surface area contributed by atoms with E-state index < -0.39 is 0 Å². The summed E-state index contributed by atoms with van der Waals surface area (Å²) >= 11 is 5.61. The molecule has 1 atom stereocenters. The van der Waals surface area contributed by atoms with Crippen molar-refractivity contribution in [3.05, 3.63) is 75.3 Å². The lowest BCUT2D eigenvalue weighted by Gasteiger charge is -2.36. The first-order chi connectivity index (χ1) is 11.6. The fraction of sp³-hybridized carbons (Fsp3) is 0.235. The van der Waals surface area contributed by atoms with Gasteiger partial charge in [-0.3, -0.25) is 15.1 Å². The van der Waals surface area contributed by atoms with Gasteiger partial charge in [-0.1, -0.05) is 24.3 Å². The van der Waals surface area contributed by atoms with Crippen LogP contribution in [-0.4, -0.2) is 32.0 Å². The first-order valence-corrected chi connectivity index (χ1v) is 8.09. The smallest absolute Gasteiger partial charge is 0.269 e. The summed E-state index contributed by atoms with van der Waals surface area (Å²) in [6.07, 6.45) is -0.0494. The number of non-ortho nitro benzene ring substituents is 1. The molecule has 2 aliphatic heterocycles. The molecule has 2 aromatic carbocycles. The first-order valence-electron chi connectivity index (χ1n) is 7.68. The maximum Gasteiger partial charge on any atom is 0.269 e. The van der Waals surface area contributed by atoms with Crippen LogP contribution in [0.2, 0.25) is 0 Å². The van der Waals surface area contributed by atoms with Crippen LogP contribution in [0.25, 0.3) is 0 Å². The van der Waals surface area contributed by atoms with Gasteiger partial charge in [-0.05, 0) is 41.0 Å². The van der Waals surface area contributed by atoms with Gasteiger partial charge in [0, 0.05) is 25.7 Å². The van der Waals surface area contributed by atoms with E-state index in [1.807, 2.05) is 36.2 Å². The van der Waals surface area contributed by atoms with Crippen LogP contribution in [0.3, 0.4) is 0 Å². The van der Waals surface area contributed by atoms with E-state index in [4.69, 9.17) is 12.2 Å². The lowest BCUT2D eigenvalue weighted by atomic mass is 10.0. The molecule has 0 bridgehead atoms. The highest BCUT2D eigenvalue weighted by molar-refractivity contribution is 7.80. The molecule has 24 heavy (non-hydrogen) atoms. The number of hydrogen-bond acceptors (Lipinski definition) is 4. The van der Waals surface area contributed by atoms with Gasteiger partial charge in [0.05, 0.1) is 11.5 Å². The van der Waals surface area contributed by atoms with E-state index in [0.29, 0.717) is 0 Å². The molecule has 0 aliphatic carbocycles. The average Bonchev–Trinajstić information content (AvgIpc) is 2.84. The fourth-order valence-corrected chi connectivity index (χ4v) is 3.69. The van der Waals surface area contributed by atoms with E-state index in [-0.39, 0.29) is 16.8 Å². The molecule has 0 amide bonds. The van der Waals surface area contributed by atoms with E-state index in [1.54, 1.807) is 12.1 Å². The summed E-state index contributed by atoms with van der Waals surface area (Å²) in [5, 5.41) is 16.0. The largest absolute Gasteiger partial charge is 0.330 e. The second-order valence-electron chi connectivity index (χ2n) is 6.04. The van der Waals surface area contributed by atoms with E-state index >= 15 is 0 Å². The summed E-state index contributed by atoms with van der Waals surface area (Å²) < 4.78 is 0. The zero-order valence-electron chi connectivity index (χ0n) is 13.1. The molecule has 0 saturated carbocycles. The summed E-state index contributed by atoms with van der Waals surface area (Å²) in [4.78, 5) is 12.5. The van der Waals surface area contributed by atoms with Gasteiger partial charge in [0.25, 0.3) is 5.69 Å². The molecule has 6 nitrogen and oxygen atoms in total. The predicted molar refractivity (Wildman–Crippen MR) is 93.7 cm³/mol. The molecule has 0 radical (unpaired) electrons. The zero-order valence-corrected chi connectivity index (χ0v) is 13.9. The Balaban J connectivity index is 1.71. The van der Waals surface area contributed by atoms with Crippen LogP contribution in [0.1, 0.15) is 22.9 Å². The third-order valence-corrected chi connectivity index (χ3v) is 5.15. The second-order valence-corrected chi connectivity index (χ2v) is 6.40. The van der Waals surface area contributed by atoms with Gasteiger partial charge in [0.1, 0.15) is 6.17 Å². The standard InChI is InChI=1S/C17H16N4O2S/c1-18-16(12-6-8-15(9-7-12)21(22)23)19-10-13-4-2-3-5-14(13)11-20(19)17(18)24/h2-9,16H,10-11H2,1H3. The zero-order chi connectivity index (χ0) is 16.8. The van der Waals surface area contributed by atoms with Crippen LogP contribution in [0, 0.1) is 10.1 Å². The number of nitro benzene ring substituents is 1. The minimum absolute atomic E-state index is 0.0494. The van der Waals surface area contributed by atoms with E-state index in [9.17, 15) is 10.1 Å². The van der Waals surface area contributed by atoms with Crippen molar-refractivity contribution in [2.24, 2.45) is 0 Å². The Hall–Kier alpha value is -2.51. The van der Waals surface area contributed by atoms with Crippen molar-refractivity contribution < 1.29 is 4.92 Å². The first kappa shape index (κ1) is 15.0. The predicted octanol–water partition coefficient (Wildman–Crippen LogP) is 3.06. The van der Waals surface area contributed by atoms with E-state index in [2.05, 4.69) is 22.2 Å². The van der Waals surface area contributed by atoms with Gasteiger partial charge in [-0.15, -0.1) is 0 Å². The Kier molecular flexibility index (Phi) is 3.47. The van der Waals surface area contributed by atoms with Crippen LogP contribution in [0.5, 0.6) is 0 Å². The Morgan fingerprint density at radius 1 is 1.08 bits per heavy atom. The maximum atomic E-state index is 10.9. The summed E-state index contributed by atoms with van der Waals surface area (Å²) in [6, 6.07) is 15.1. The molecule has 1 fully saturated rings. The summed E-state index contributed by atoms with van der Waals surface area (Å²) in [5.74, 6) is 0. The monoisotopic (exact) mass is 340 g/mol. The van der Waals surface area contributed by atoms with Crippen molar-refractivity contribution in [1.82, 2.24) is 14.9 Å². The highest BCUT2D eigenvalue weighted by Gasteiger charge is 2.42. The van der Waals surface area contributed by atoms with Gasteiger partial charge in [-0.25, -0.2) is 0 Å². The van der Waals surface area contributed by atoms with Gasteiger partial charge < -0.3 is 4.90 Å². The van der Waals surface area contributed by atoms with Crippen LogP contribution < -0.4 is 0 Å². The van der Waals surface area contributed by atoms with Crippen molar-refractivity contribution in [2.45, 2.75) is 19.3 Å². The number of thiocarbonyl (C=S) groups is 1. The number of benzene rings is 2. The van der Waals surface area contributed by atoms with E-state index in [0.717, 1.165) is 23.8 Å². The third-order valence-electron chi connectivity index (χ3n) is 4.65. The number of nitrogens with zero attached hydrogens (tertiary/aromatic N) is 4. The molecule has 1 saturated heterocycles. The molecular weight excluding hydrogens is 324 g/mol. The van der Waals surface area contributed by atoms with Gasteiger partial charge in [-0.2, -0.15) is 5.01 Å². The Morgan fingerprint density at radius 3 is 2.33 bits per heavy atom. The second kappa shape index (κ2) is 5.54. The normalized spacial score (nSPS) is 20.0. The molecule has 2 aliphatic rings. The topological polar surface area (TPSA) is 52.9 Å². The molecular formula is C17H16N4O2S. The van der Waals surface area contributed by atoms with Gasteiger partial charge in [0.15, 0.2) is 5.11 Å². The third kappa shape index (κ3) is 2.24. The van der Waals surface area contributed by atoms with Crippen molar-refractivity contribution >= 4 is 23.0 Å². The van der Waals surface area contributed by atoms with E-state index in [1.165, 1.54) is 11.1 Å². The fourth-order valence-electron chi connectivity index (χ4n) is 3.42. The van der Waals surface area contributed by atoms with Crippen molar-refractivity contribution in [3.8, 4) is 0 Å². The number of hydrazine groups is 1. The van der Waals surface area contributed by atoms with Gasteiger partial charge in [0.2, 0.25) is 0 Å². The minimum atomic E-state index is -0.379. The summed E-state index contributed by atoms with van der Waals surface area (Å²) in [5.41, 5.74) is 3.67. The molecule has 4 rings (SSSR count). The number of rotatable bonds is 2. The van der Waals surface area contributed by atoms with Gasteiger partial charge >= 0.3 is 0 Å².